The van der Waals surface area contributed by atoms with Crippen molar-refractivity contribution in [3.8, 4) is 0 Å². The van der Waals surface area contributed by atoms with Gasteiger partial charge in [-0.15, -0.1) is 0 Å². The van der Waals surface area contributed by atoms with Crippen LogP contribution in [-0.2, 0) is 0 Å². The molecule has 1 aromatic carbocycles. The van der Waals surface area contributed by atoms with E-state index >= 15 is 0 Å². The quantitative estimate of drug-likeness (QED) is 0.456. The maximum atomic E-state index is 12.2. The summed E-state index contributed by atoms with van der Waals surface area (Å²) in [6.07, 6.45) is 1.84. The fourth-order valence-electron chi connectivity index (χ4n) is 1.76. The Balaban J connectivity index is 2.41. The molecule has 0 N–H and O–H groups in total. The van der Waals surface area contributed by atoms with Crippen molar-refractivity contribution < 1.29 is 14.2 Å². The lowest BCUT2D eigenvalue weighted by Crippen LogP contribution is -2.48. The SMILES string of the molecule is CSCC[N+]1([O-])C(=O)c2ccccc2C1=O. The Hall–Kier alpha value is -1.17. The van der Waals surface area contributed by atoms with Gasteiger partial charge in [0.25, 0.3) is 0 Å². The minimum absolute atomic E-state index is 0.00745. The van der Waals surface area contributed by atoms with E-state index in [1.54, 1.807) is 12.1 Å². The lowest BCUT2D eigenvalue weighted by Gasteiger charge is -2.31. The Morgan fingerprint density at radius 2 is 1.69 bits per heavy atom. The van der Waals surface area contributed by atoms with Crippen LogP contribution in [0.5, 0.6) is 0 Å². The van der Waals surface area contributed by atoms with Gasteiger partial charge in [0.1, 0.15) is 6.54 Å². The zero-order valence-electron chi connectivity index (χ0n) is 8.80. The van der Waals surface area contributed by atoms with Gasteiger partial charge in [0, 0.05) is 5.75 Å². The number of quaternary nitrogens is 1. The van der Waals surface area contributed by atoms with Gasteiger partial charge < -0.3 is 5.21 Å². The maximum Gasteiger partial charge on any atom is 0.354 e. The Kier molecular flexibility index (Phi) is 2.84. The van der Waals surface area contributed by atoms with E-state index in [0.717, 1.165) is 0 Å². The summed E-state index contributed by atoms with van der Waals surface area (Å²) in [7, 11) is 0. The molecule has 5 heteroatoms. The van der Waals surface area contributed by atoms with Gasteiger partial charge >= 0.3 is 11.8 Å². The third-order valence-electron chi connectivity index (χ3n) is 2.65. The minimum Gasteiger partial charge on any atom is -0.617 e. The lowest BCUT2D eigenvalue weighted by molar-refractivity contribution is -0.704. The molecule has 1 aliphatic heterocycles. The first-order valence-electron chi connectivity index (χ1n) is 4.88. The summed E-state index contributed by atoms with van der Waals surface area (Å²) < 4.78 is -1.36. The Labute approximate surface area is 97.4 Å². The van der Waals surface area contributed by atoms with Crippen LogP contribution in [0.2, 0.25) is 0 Å². The molecule has 1 heterocycles. The molecule has 16 heavy (non-hydrogen) atoms. The smallest absolute Gasteiger partial charge is 0.354 e. The lowest BCUT2D eigenvalue weighted by atomic mass is 10.1. The summed E-state index contributed by atoms with van der Waals surface area (Å²) in [5, 5.41) is 12.2. The van der Waals surface area contributed by atoms with Crippen LogP contribution >= 0.6 is 11.8 Å². The first-order chi connectivity index (χ1) is 7.61. The summed E-state index contributed by atoms with van der Waals surface area (Å²) >= 11 is 1.45. The van der Waals surface area contributed by atoms with Gasteiger partial charge in [-0.1, -0.05) is 12.1 Å². The van der Waals surface area contributed by atoms with E-state index < -0.39 is 16.5 Å². The fourth-order valence-corrected chi connectivity index (χ4v) is 2.20. The van der Waals surface area contributed by atoms with Crippen LogP contribution in [0.3, 0.4) is 0 Å². The number of carbonyl (C=O) groups is 2. The van der Waals surface area contributed by atoms with Crippen molar-refractivity contribution >= 4 is 23.6 Å². The average Bonchev–Trinajstić information content (AvgIpc) is 2.51. The van der Waals surface area contributed by atoms with Crippen molar-refractivity contribution in [1.82, 2.24) is 0 Å². The summed E-state index contributed by atoms with van der Waals surface area (Å²) in [6, 6.07) is 6.39. The maximum absolute atomic E-state index is 12.2. The molecular formula is C11H11NO3S. The fraction of sp³-hybridized carbons (Fsp3) is 0.273. The van der Waals surface area contributed by atoms with Crippen molar-refractivity contribution in [2.24, 2.45) is 0 Å². The molecule has 0 aliphatic carbocycles. The summed E-state index contributed by atoms with van der Waals surface area (Å²) in [5.74, 6) is -0.765. The van der Waals surface area contributed by atoms with Crippen LogP contribution in [0.1, 0.15) is 20.7 Å². The number of imide groups is 1. The number of thioether (sulfide) groups is 1. The third-order valence-corrected chi connectivity index (χ3v) is 3.25. The highest BCUT2D eigenvalue weighted by molar-refractivity contribution is 7.98. The molecule has 4 nitrogen and oxygen atoms in total. The summed E-state index contributed by atoms with van der Waals surface area (Å²) in [4.78, 5) is 23.7. The topological polar surface area (TPSA) is 57.2 Å². The van der Waals surface area contributed by atoms with Crippen molar-refractivity contribution in [3.05, 3.63) is 40.6 Å². The molecule has 0 aromatic heterocycles. The van der Waals surface area contributed by atoms with Crippen LogP contribution in [0.4, 0.5) is 0 Å². The first-order valence-corrected chi connectivity index (χ1v) is 6.27. The molecule has 0 unspecified atom stereocenters. The second-order valence-corrected chi connectivity index (χ2v) is 4.60. The number of benzene rings is 1. The van der Waals surface area contributed by atoms with Crippen molar-refractivity contribution in [3.63, 3.8) is 0 Å². The van der Waals surface area contributed by atoms with Crippen LogP contribution in [0.25, 0.3) is 0 Å². The zero-order valence-corrected chi connectivity index (χ0v) is 9.62. The number of rotatable bonds is 3. The third kappa shape index (κ3) is 1.48. The van der Waals surface area contributed by atoms with Crippen molar-refractivity contribution in [1.29, 1.82) is 0 Å². The first kappa shape index (κ1) is 11.3. The van der Waals surface area contributed by atoms with E-state index in [1.807, 2.05) is 6.26 Å². The molecule has 2 amide bonds. The summed E-state index contributed by atoms with van der Waals surface area (Å²) in [5.41, 5.74) is 0.507. The number of amides is 2. The van der Waals surface area contributed by atoms with Crippen LogP contribution in [0.15, 0.2) is 24.3 Å². The molecule has 0 saturated heterocycles. The number of fused-ring (bicyclic) bond motifs is 1. The number of carbonyl (C=O) groups excluding carboxylic acids is 2. The molecule has 0 radical (unpaired) electrons. The van der Waals surface area contributed by atoms with Crippen LogP contribution < -0.4 is 0 Å². The van der Waals surface area contributed by atoms with Crippen molar-refractivity contribution in [2.75, 3.05) is 18.6 Å². The molecule has 0 spiro atoms. The van der Waals surface area contributed by atoms with E-state index in [4.69, 9.17) is 0 Å². The zero-order chi connectivity index (χ0) is 11.8. The highest BCUT2D eigenvalue weighted by atomic mass is 32.2. The predicted octanol–water partition coefficient (Wildman–Crippen LogP) is 1.66. The highest BCUT2D eigenvalue weighted by Gasteiger charge is 2.46. The molecule has 0 atom stereocenters. The number of hydrogen-bond donors (Lipinski definition) is 0. The standard InChI is InChI=1S/C11H11NO3S/c1-16-7-6-12(15)10(13)8-4-2-3-5-9(8)11(12)14/h2-5H,6-7H2,1H3. The Morgan fingerprint density at radius 1 is 1.19 bits per heavy atom. The van der Waals surface area contributed by atoms with Gasteiger partial charge in [-0.25, -0.2) is 14.2 Å². The molecule has 0 fully saturated rings. The number of nitrogens with zero attached hydrogens (tertiary/aromatic N) is 1. The molecule has 1 aromatic rings. The van der Waals surface area contributed by atoms with E-state index in [1.165, 1.54) is 23.9 Å². The Bertz CT molecular complexity index is 423. The number of hydrogen-bond acceptors (Lipinski definition) is 4. The normalized spacial score (nSPS) is 17.6. The Morgan fingerprint density at radius 3 is 2.12 bits per heavy atom. The van der Waals surface area contributed by atoms with Gasteiger partial charge in [-0.3, -0.25) is 0 Å². The van der Waals surface area contributed by atoms with E-state index in [-0.39, 0.29) is 17.7 Å². The summed E-state index contributed by atoms with van der Waals surface area (Å²) in [6.45, 7) is 0.00745. The minimum atomic E-state index is -1.36. The average molecular weight is 237 g/mol. The van der Waals surface area contributed by atoms with Crippen molar-refractivity contribution in [2.45, 2.75) is 0 Å². The molecule has 0 bridgehead atoms. The van der Waals surface area contributed by atoms with Gasteiger partial charge in [-0.05, 0) is 18.4 Å². The number of hydroxylamine groups is 3. The van der Waals surface area contributed by atoms with E-state index in [2.05, 4.69) is 0 Å². The van der Waals surface area contributed by atoms with Gasteiger partial charge in [0.2, 0.25) is 0 Å². The largest absolute Gasteiger partial charge is 0.617 e. The monoisotopic (exact) mass is 237 g/mol. The molecule has 1 aliphatic rings. The van der Waals surface area contributed by atoms with Gasteiger partial charge in [-0.2, -0.15) is 11.8 Å². The van der Waals surface area contributed by atoms with Gasteiger partial charge in [0.15, 0.2) is 0 Å². The van der Waals surface area contributed by atoms with Crippen LogP contribution in [-0.4, -0.2) is 35.0 Å². The van der Waals surface area contributed by atoms with E-state index in [0.29, 0.717) is 5.75 Å². The highest BCUT2D eigenvalue weighted by Crippen LogP contribution is 2.28. The predicted molar refractivity (Wildman–Crippen MR) is 62.0 cm³/mol. The molecular weight excluding hydrogens is 226 g/mol. The second-order valence-electron chi connectivity index (χ2n) is 3.61. The van der Waals surface area contributed by atoms with E-state index in [9.17, 15) is 14.8 Å². The molecule has 2 rings (SSSR count). The van der Waals surface area contributed by atoms with Gasteiger partial charge in [0.05, 0.1) is 11.1 Å². The van der Waals surface area contributed by atoms with Crippen LogP contribution in [0, 0.1) is 5.21 Å². The second kappa shape index (κ2) is 4.01. The molecule has 0 saturated carbocycles. The molecule has 84 valence electrons.